The number of rotatable bonds is 14. The Hall–Kier alpha value is -4.14. The third kappa shape index (κ3) is 7.98. The van der Waals surface area contributed by atoms with E-state index in [4.69, 9.17) is 9.26 Å². The van der Waals surface area contributed by atoms with E-state index >= 15 is 0 Å². The van der Waals surface area contributed by atoms with Crippen molar-refractivity contribution in [2.75, 3.05) is 13.2 Å². The Bertz CT molecular complexity index is 1660. The van der Waals surface area contributed by atoms with Crippen molar-refractivity contribution in [3.8, 4) is 0 Å². The zero-order chi connectivity index (χ0) is 32.6. The number of carbonyl (C=O) groups excluding carboxylic acids is 2. The summed E-state index contributed by atoms with van der Waals surface area (Å²) in [6.07, 6.45) is 2.36. The summed E-state index contributed by atoms with van der Waals surface area (Å²) in [7, 11) is -3.70. The minimum absolute atomic E-state index is 0.398. The first-order valence-electron chi connectivity index (χ1n) is 15.5. The molecule has 1 heterocycles. The number of carboxylic acids is 1. The van der Waals surface area contributed by atoms with Gasteiger partial charge in [0.1, 0.15) is 18.4 Å². The van der Waals surface area contributed by atoms with Crippen molar-refractivity contribution in [3.05, 3.63) is 109 Å². The quantitative estimate of drug-likeness (QED) is 0.168. The summed E-state index contributed by atoms with van der Waals surface area (Å²) in [4.78, 5) is 38.6. The van der Waals surface area contributed by atoms with Crippen LogP contribution in [0.2, 0.25) is 0 Å². The van der Waals surface area contributed by atoms with Crippen LogP contribution in [-0.4, -0.2) is 53.8 Å². The number of hydrogen-bond donors (Lipinski definition) is 3. The van der Waals surface area contributed by atoms with E-state index in [1.54, 1.807) is 67.6 Å². The van der Waals surface area contributed by atoms with E-state index < -0.39 is 55.9 Å². The molecule has 4 aromatic carbocycles. The van der Waals surface area contributed by atoms with Crippen LogP contribution >= 0.6 is 7.37 Å². The van der Waals surface area contributed by atoms with Gasteiger partial charge in [-0.1, -0.05) is 78.9 Å². The molecule has 240 valence electrons. The molecule has 0 aromatic heterocycles. The number of fused-ring (bicyclic) bond motifs is 1. The Morgan fingerprint density at radius 1 is 0.891 bits per heavy atom. The molecule has 0 saturated carbocycles. The van der Waals surface area contributed by atoms with Crippen molar-refractivity contribution in [1.29, 1.82) is 0 Å². The van der Waals surface area contributed by atoms with Crippen molar-refractivity contribution < 1.29 is 33.3 Å². The van der Waals surface area contributed by atoms with Gasteiger partial charge in [-0.2, -0.15) is 0 Å². The second-order valence-electron chi connectivity index (χ2n) is 11.6. The summed E-state index contributed by atoms with van der Waals surface area (Å²) in [5, 5.41) is 18.6. The number of benzene rings is 4. The molecule has 1 amide bonds. The van der Waals surface area contributed by atoms with Gasteiger partial charge in [0.15, 0.2) is 5.78 Å². The van der Waals surface area contributed by atoms with Crippen molar-refractivity contribution in [2.24, 2.45) is 0 Å². The second kappa shape index (κ2) is 15.0. The van der Waals surface area contributed by atoms with Gasteiger partial charge in [0.25, 0.3) is 7.37 Å². The van der Waals surface area contributed by atoms with E-state index in [9.17, 15) is 24.1 Å². The van der Waals surface area contributed by atoms with Crippen molar-refractivity contribution in [2.45, 2.75) is 56.8 Å². The number of carboxylic acid groups (broad SMARTS) is 1. The minimum Gasteiger partial charge on any atom is -0.481 e. The van der Waals surface area contributed by atoms with E-state index in [0.717, 1.165) is 29.2 Å². The fourth-order valence-electron chi connectivity index (χ4n) is 5.89. The maximum absolute atomic E-state index is 14.2. The van der Waals surface area contributed by atoms with Crippen LogP contribution in [0.25, 0.3) is 10.8 Å². The highest BCUT2D eigenvalue weighted by Crippen LogP contribution is 2.44. The third-order valence-corrected chi connectivity index (χ3v) is 10.7. The molecule has 1 aliphatic rings. The van der Waals surface area contributed by atoms with Gasteiger partial charge in [0.05, 0.1) is 12.5 Å². The smallest absolute Gasteiger partial charge is 0.305 e. The molecule has 3 atom stereocenters. The Balaban J connectivity index is 1.30. The normalized spacial score (nSPS) is 18.0. The van der Waals surface area contributed by atoms with E-state index in [-0.39, 0.29) is 0 Å². The molecule has 1 fully saturated rings. The van der Waals surface area contributed by atoms with Gasteiger partial charge >= 0.3 is 5.97 Å². The second-order valence-corrected chi connectivity index (χ2v) is 14.0. The van der Waals surface area contributed by atoms with Gasteiger partial charge in [-0.25, -0.2) is 0 Å². The zero-order valence-corrected chi connectivity index (χ0v) is 26.7. The van der Waals surface area contributed by atoms with E-state index in [0.29, 0.717) is 30.1 Å². The SMILES string of the molecule is C[C@H](NC1(Cc2cccc3ccccc23)CCCCO1)C(=O)N[C@@H](CC(=O)O)C(=O)COP(=O)(c1ccccc1)c1ccccc1. The molecule has 3 N–H and O–H groups in total. The molecule has 4 aromatic rings. The number of ketones is 1. The molecule has 0 radical (unpaired) electrons. The van der Waals surface area contributed by atoms with Crippen molar-refractivity contribution >= 4 is 46.4 Å². The highest BCUT2D eigenvalue weighted by Gasteiger charge is 2.38. The van der Waals surface area contributed by atoms with Gasteiger partial charge in [0, 0.05) is 23.6 Å². The number of carbonyl (C=O) groups is 3. The predicted molar refractivity (Wildman–Crippen MR) is 178 cm³/mol. The highest BCUT2D eigenvalue weighted by molar-refractivity contribution is 7.74. The van der Waals surface area contributed by atoms with Crippen LogP contribution in [0.5, 0.6) is 0 Å². The Morgan fingerprint density at radius 3 is 2.15 bits per heavy atom. The number of nitrogens with one attached hydrogen (secondary N) is 2. The molecule has 1 saturated heterocycles. The Labute approximate surface area is 268 Å². The molecule has 0 bridgehead atoms. The lowest BCUT2D eigenvalue weighted by Crippen LogP contribution is -2.59. The Morgan fingerprint density at radius 2 is 1.52 bits per heavy atom. The minimum atomic E-state index is -3.70. The summed E-state index contributed by atoms with van der Waals surface area (Å²) < 4.78 is 26.3. The van der Waals surface area contributed by atoms with E-state index in [1.807, 2.05) is 18.2 Å². The molecule has 5 rings (SSSR count). The van der Waals surface area contributed by atoms with Gasteiger partial charge < -0.3 is 19.7 Å². The summed E-state index contributed by atoms with van der Waals surface area (Å²) in [6, 6.07) is 29.1. The third-order valence-electron chi connectivity index (χ3n) is 8.25. The van der Waals surface area contributed by atoms with Crippen molar-refractivity contribution in [1.82, 2.24) is 10.6 Å². The first-order chi connectivity index (χ1) is 22.2. The maximum Gasteiger partial charge on any atom is 0.305 e. The van der Waals surface area contributed by atoms with Crippen molar-refractivity contribution in [3.63, 3.8) is 0 Å². The lowest BCUT2D eigenvalue weighted by Gasteiger charge is -2.40. The van der Waals surface area contributed by atoms with Crippen LogP contribution in [0.3, 0.4) is 0 Å². The summed E-state index contributed by atoms with van der Waals surface area (Å²) >= 11 is 0. The molecule has 0 aliphatic carbocycles. The first kappa shape index (κ1) is 33.2. The summed E-state index contributed by atoms with van der Waals surface area (Å²) in [5.74, 6) is -2.52. The summed E-state index contributed by atoms with van der Waals surface area (Å²) in [5.41, 5.74) is 0.254. The van der Waals surface area contributed by atoms with E-state index in [2.05, 4.69) is 34.9 Å². The number of Topliss-reactive ketones (excluding diaryl/α,β-unsaturated/α-hetero) is 1. The predicted octanol–water partition coefficient (Wildman–Crippen LogP) is 4.73. The fourth-order valence-corrected chi connectivity index (χ4v) is 7.92. The molecule has 0 spiro atoms. The number of hydrogen-bond acceptors (Lipinski definition) is 7. The number of aliphatic carboxylic acids is 1. The zero-order valence-electron chi connectivity index (χ0n) is 25.8. The van der Waals surface area contributed by atoms with Crippen LogP contribution in [0.15, 0.2) is 103 Å². The average Bonchev–Trinajstić information content (AvgIpc) is 3.08. The largest absolute Gasteiger partial charge is 0.481 e. The molecule has 10 heteroatoms. The fraction of sp³-hybridized carbons (Fsp3) is 0.306. The highest BCUT2D eigenvalue weighted by atomic mass is 31.2. The van der Waals surface area contributed by atoms with Crippen LogP contribution in [0.4, 0.5) is 0 Å². The number of ether oxygens (including phenoxy) is 1. The van der Waals surface area contributed by atoms with Gasteiger partial charge in [-0.3, -0.25) is 24.3 Å². The molecule has 1 aliphatic heterocycles. The first-order valence-corrected chi connectivity index (χ1v) is 17.1. The molecule has 9 nitrogen and oxygen atoms in total. The maximum atomic E-state index is 14.2. The van der Waals surface area contributed by atoms with Gasteiger partial charge in [-0.05, 0) is 66.8 Å². The lowest BCUT2D eigenvalue weighted by molar-refractivity contribution is -0.141. The molecular weight excluding hydrogens is 603 g/mol. The van der Waals surface area contributed by atoms with Gasteiger partial charge in [-0.15, -0.1) is 0 Å². The van der Waals surface area contributed by atoms with E-state index in [1.165, 1.54) is 0 Å². The monoisotopic (exact) mass is 642 g/mol. The van der Waals surface area contributed by atoms with Crippen LogP contribution < -0.4 is 21.2 Å². The van der Waals surface area contributed by atoms with Crippen LogP contribution in [0.1, 0.15) is 38.2 Å². The Kier molecular flexibility index (Phi) is 10.8. The average molecular weight is 643 g/mol. The molecule has 1 unspecified atom stereocenters. The number of amides is 1. The lowest BCUT2D eigenvalue weighted by atomic mass is 9.91. The van der Waals surface area contributed by atoms with Gasteiger partial charge in [0.2, 0.25) is 5.91 Å². The standard InChI is InChI=1S/C36H39N2O7P/c1-26(38-36(21-10-11-22-44-36)24-28-15-12-14-27-13-8-9-20-31(27)28)35(42)37-32(23-34(40)41)33(39)25-45-46(43,29-16-4-2-5-17-29)30-18-6-3-7-19-30/h2-9,12-20,26,32,38H,10-11,21-25H2,1H3,(H,37,42)(H,40,41)/t26-,32-,36?/m0/s1. The van der Waals surface area contributed by atoms with Crippen LogP contribution in [-0.2, 0) is 34.6 Å². The topological polar surface area (TPSA) is 131 Å². The van der Waals surface area contributed by atoms with Crippen LogP contribution in [0, 0.1) is 0 Å². The molecular formula is C36H39N2O7P. The molecule has 46 heavy (non-hydrogen) atoms. The summed E-state index contributed by atoms with van der Waals surface area (Å²) in [6.45, 7) is 1.54.